The normalized spacial score (nSPS) is 10.4. The Balaban J connectivity index is 2.28. The monoisotopic (exact) mass is 244 g/mol. The van der Waals surface area contributed by atoms with Crippen LogP contribution in [-0.2, 0) is 0 Å². The molecule has 2 rings (SSSR count). The zero-order chi connectivity index (χ0) is 9.97. The van der Waals surface area contributed by atoms with Crippen LogP contribution in [0.2, 0.25) is 10.0 Å². The average molecular weight is 245 g/mol. The van der Waals surface area contributed by atoms with E-state index in [-0.39, 0.29) is 0 Å². The Morgan fingerprint density at radius 2 is 2.07 bits per heavy atom. The van der Waals surface area contributed by atoms with Crippen molar-refractivity contribution in [3.8, 4) is 0 Å². The molecule has 0 aliphatic heterocycles. The summed E-state index contributed by atoms with van der Waals surface area (Å²) in [6, 6.07) is 7.25. The summed E-state index contributed by atoms with van der Waals surface area (Å²) in [7, 11) is 0. The molecule has 0 radical (unpaired) electrons. The maximum absolute atomic E-state index is 6.00. The molecule has 0 bridgehead atoms. The zero-order valence-corrected chi connectivity index (χ0v) is 9.33. The predicted molar refractivity (Wildman–Crippen MR) is 59.2 cm³/mol. The van der Waals surface area contributed by atoms with Crippen molar-refractivity contribution >= 4 is 35.0 Å². The summed E-state index contributed by atoms with van der Waals surface area (Å²) in [5, 5.41) is 9.00. The molecule has 0 atom stereocenters. The van der Waals surface area contributed by atoms with Crippen LogP contribution in [0.25, 0.3) is 0 Å². The van der Waals surface area contributed by atoms with Gasteiger partial charge >= 0.3 is 0 Å². The predicted octanol–water partition coefficient (Wildman–Crippen LogP) is 3.87. The van der Waals surface area contributed by atoms with E-state index in [1.165, 1.54) is 11.8 Å². The van der Waals surface area contributed by atoms with E-state index in [9.17, 15) is 0 Å². The van der Waals surface area contributed by atoms with Crippen molar-refractivity contribution in [2.24, 2.45) is 0 Å². The van der Waals surface area contributed by atoms with Gasteiger partial charge in [-0.2, -0.15) is 5.10 Å². The smallest absolute Gasteiger partial charge is 0.0955 e. The van der Waals surface area contributed by atoms with E-state index in [0.29, 0.717) is 10.0 Å². The lowest BCUT2D eigenvalue weighted by Crippen LogP contribution is -1.76. The summed E-state index contributed by atoms with van der Waals surface area (Å²) < 4.78 is 0. The van der Waals surface area contributed by atoms with E-state index in [0.717, 1.165) is 9.92 Å². The third kappa shape index (κ3) is 2.23. The van der Waals surface area contributed by atoms with E-state index in [1.807, 2.05) is 12.1 Å². The quantitative estimate of drug-likeness (QED) is 0.869. The van der Waals surface area contributed by atoms with Crippen molar-refractivity contribution < 1.29 is 0 Å². The number of hydrogen-bond acceptors (Lipinski definition) is 2. The van der Waals surface area contributed by atoms with Crippen molar-refractivity contribution in [2.45, 2.75) is 9.92 Å². The van der Waals surface area contributed by atoms with Crippen LogP contribution in [0, 0.1) is 0 Å². The van der Waals surface area contributed by atoms with Crippen molar-refractivity contribution in [3.63, 3.8) is 0 Å². The third-order valence-electron chi connectivity index (χ3n) is 1.59. The minimum Gasteiger partial charge on any atom is -0.272 e. The lowest BCUT2D eigenvalue weighted by atomic mass is 10.4. The van der Waals surface area contributed by atoms with Crippen LogP contribution in [0.3, 0.4) is 0 Å². The Labute approximate surface area is 95.6 Å². The highest BCUT2D eigenvalue weighted by molar-refractivity contribution is 7.99. The fourth-order valence-electron chi connectivity index (χ4n) is 0.974. The van der Waals surface area contributed by atoms with Gasteiger partial charge in [-0.1, -0.05) is 35.0 Å². The molecule has 0 spiro atoms. The SMILES string of the molecule is Clc1ccc(Cl)c(Sc2ccn[nH]2)c1. The van der Waals surface area contributed by atoms with Gasteiger partial charge in [0.05, 0.1) is 10.0 Å². The second kappa shape index (κ2) is 4.26. The molecule has 14 heavy (non-hydrogen) atoms. The molecule has 0 unspecified atom stereocenters. The minimum atomic E-state index is 0.677. The largest absolute Gasteiger partial charge is 0.272 e. The second-order valence-electron chi connectivity index (χ2n) is 2.60. The molecule has 0 fully saturated rings. The van der Waals surface area contributed by atoms with E-state index < -0.39 is 0 Å². The van der Waals surface area contributed by atoms with Gasteiger partial charge in [-0.3, -0.25) is 5.10 Å². The van der Waals surface area contributed by atoms with Crippen LogP contribution in [0.15, 0.2) is 40.4 Å². The number of aromatic amines is 1. The first-order valence-electron chi connectivity index (χ1n) is 3.88. The molecule has 0 aliphatic carbocycles. The first-order chi connectivity index (χ1) is 6.75. The number of nitrogens with one attached hydrogen (secondary N) is 1. The molecule has 0 amide bonds. The summed E-state index contributed by atoms with van der Waals surface area (Å²) in [6.45, 7) is 0. The number of benzene rings is 1. The molecule has 0 aliphatic rings. The second-order valence-corrected chi connectivity index (χ2v) is 4.53. The molecule has 2 nitrogen and oxygen atoms in total. The van der Waals surface area contributed by atoms with Crippen LogP contribution in [0.1, 0.15) is 0 Å². The molecule has 0 saturated heterocycles. The number of nitrogens with zero attached hydrogens (tertiary/aromatic N) is 1. The lowest BCUT2D eigenvalue weighted by molar-refractivity contribution is 1.00. The van der Waals surface area contributed by atoms with Gasteiger partial charge in [-0.05, 0) is 24.3 Å². The molecule has 2 aromatic rings. The summed E-state index contributed by atoms with van der Waals surface area (Å²) >= 11 is 13.4. The molecule has 72 valence electrons. The first kappa shape index (κ1) is 9.90. The molecule has 1 N–H and O–H groups in total. The standard InChI is InChI=1S/C9H6Cl2N2S/c10-6-1-2-7(11)8(5-6)14-9-3-4-12-13-9/h1-5H,(H,12,13). The molecule has 0 saturated carbocycles. The van der Waals surface area contributed by atoms with E-state index in [2.05, 4.69) is 10.2 Å². The average Bonchev–Trinajstić information content (AvgIpc) is 2.64. The van der Waals surface area contributed by atoms with E-state index >= 15 is 0 Å². The zero-order valence-electron chi connectivity index (χ0n) is 7.00. The van der Waals surface area contributed by atoms with Crippen LogP contribution in [0.5, 0.6) is 0 Å². The van der Waals surface area contributed by atoms with Gasteiger partial charge in [0.1, 0.15) is 0 Å². The van der Waals surface area contributed by atoms with Crippen molar-refractivity contribution in [2.75, 3.05) is 0 Å². The number of H-pyrrole nitrogens is 1. The topological polar surface area (TPSA) is 28.7 Å². The first-order valence-corrected chi connectivity index (χ1v) is 5.45. The molecular formula is C9H6Cl2N2S. The van der Waals surface area contributed by atoms with E-state index in [4.69, 9.17) is 23.2 Å². The highest BCUT2D eigenvalue weighted by Gasteiger charge is 2.04. The Morgan fingerprint density at radius 3 is 2.79 bits per heavy atom. The summed E-state index contributed by atoms with van der Waals surface area (Å²) in [5.41, 5.74) is 0. The number of hydrogen-bond donors (Lipinski definition) is 1. The van der Waals surface area contributed by atoms with Crippen LogP contribution in [-0.4, -0.2) is 10.2 Å². The van der Waals surface area contributed by atoms with Crippen LogP contribution >= 0.6 is 35.0 Å². The molecular weight excluding hydrogens is 239 g/mol. The van der Waals surface area contributed by atoms with Gasteiger partial charge < -0.3 is 0 Å². The highest BCUT2D eigenvalue weighted by Crippen LogP contribution is 2.33. The molecule has 1 aromatic heterocycles. The van der Waals surface area contributed by atoms with Crippen molar-refractivity contribution in [1.29, 1.82) is 0 Å². The fourth-order valence-corrected chi connectivity index (χ4v) is 2.26. The van der Waals surface area contributed by atoms with Gasteiger partial charge in [0, 0.05) is 16.1 Å². The van der Waals surface area contributed by atoms with Crippen LogP contribution < -0.4 is 0 Å². The Morgan fingerprint density at radius 1 is 1.21 bits per heavy atom. The summed E-state index contributed by atoms with van der Waals surface area (Å²) in [4.78, 5) is 0.920. The summed E-state index contributed by atoms with van der Waals surface area (Å²) in [6.07, 6.45) is 1.70. The number of aromatic nitrogens is 2. The fraction of sp³-hybridized carbons (Fsp3) is 0. The molecule has 5 heteroatoms. The molecule has 1 aromatic carbocycles. The Hall–Kier alpha value is -0.640. The van der Waals surface area contributed by atoms with Crippen LogP contribution in [0.4, 0.5) is 0 Å². The van der Waals surface area contributed by atoms with Crippen molar-refractivity contribution in [1.82, 2.24) is 10.2 Å². The van der Waals surface area contributed by atoms with Gasteiger partial charge in [-0.25, -0.2) is 0 Å². The Kier molecular flexibility index (Phi) is 3.01. The van der Waals surface area contributed by atoms with Gasteiger partial charge in [-0.15, -0.1) is 0 Å². The van der Waals surface area contributed by atoms with Crippen molar-refractivity contribution in [3.05, 3.63) is 40.5 Å². The maximum Gasteiger partial charge on any atom is 0.0955 e. The Bertz CT molecular complexity index is 428. The van der Waals surface area contributed by atoms with Gasteiger partial charge in [0.15, 0.2) is 0 Å². The molecule has 1 heterocycles. The maximum atomic E-state index is 6.00. The minimum absolute atomic E-state index is 0.677. The number of rotatable bonds is 2. The summed E-state index contributed by atoms with van der Waals surface area (Å²) in [5.74, 6) is 0. The van der Waals surface area contributed by atoms with Gasteiger partial charge in [0.25, 0.3) is 0 Å². The third-order valence-corrected chi connectivity index (χ3v) is 3.27. The van der Waals surface area contributed by atoms with E-state index in [1.54, 1.807) is 18.3 Å². The van der Waals surface area contributed by atoms with Gasteiger partial charge in [0.2, 0.25) is 0 Å². The number of halogens is 2. The lowest BCUT2D eigenvalue weighted by Gasteiger charge is -2.01. The highest BCUT2D eigenvalue weighted by atomic mass is 35.5.